The average Bonchev–Trinajstić information content (AvgIpc) is 3.04. The van der Waals surface area contributed by atoms with Gasteiger partial charge >= 0.3 is 6.09 Å². The molecule has 0 bridgehead atoms. The van der Waals surface area contributed by atoms with Crippen molar-refractivity contribution >= 4 is 44.5 Å². The zero-order chi connectivity index (χ0) is 20.3. The van der Waals surface area contributed by atoms with Gasteiger partial charge in [-0.3, -0.25) is 9.80 Å². The zero-order valence-electron chi connectivity index (χ0n) is 16.3. The predicted octanol–water partition coefficient (Wildman–Crippen LogP) is 3.98. The smallest absolute Gasteiger partial charge is 0.413 e. The molecule has 9 heteroatoms. The summed E-state index contributed by atoms with van der Waals surface area (Å²) >= 11 is 2.47. The number of fused-ring (bicyclic) bond motifs is 1. The van der Waals surface area contributed by atoms with Crippen LogP contribution >= 0.6 is 23.1 Å². The molecule has 150 valence electrons. The minimum atomic E-state index is -1.00. The summed E-state index contributed by atoms with van der Waals surface area (Å²) in [5.74, 6) is 0. The second-order valence-corrected chi connectivity index (χ2v) is 9.51. The van der Waals surface area contributed by atoms with Crippen LogP contribution in [0.3, 0.4) is 0 Å². The van der Waals surface area contributed by atoms with Gasteiger partial charge in [0.15, 0.2) is 5.13 Å². The minimum absolute atomic E-state index is 0.169. The molecule has 3 rings (SSSR count). The van der Waals surface area contributed by atoms with Crippen molar-refractivity contribution in [3.63, 3.8) is 0 Å². The largest absolute Gasteiger partial charge is 0.465 e. The van der Waals surface area contributed by atoms with E-state index in [-0.39, 0.29) is 5.41 Å². The number of ether oxygens (including phenoxy) is 1. The molecule has 0 aliphatic carbocycles. The second kappa shape index (κ2) is 8.66. The van der Waals surface area contributed by atoms with Crippen molar-refractivity contribution in [2.24, 2.45) is 0 Å². The summed E-state index contributed by atoms with van der Waals surface area (Å²) in [4.78, 5) is 21.0. The number of carboxylic acid groups (broad SMARTS) is 1. The molecule has 0 spiro atoms. The topological polar surface area (TPSA) is 89.7 Å². The van der Waals surface area contributed by atoms with Crippen molar-refractivity contribution in [2.75, 3.05) is 44.3 Å². The van der Waals surface area contributed by atoms with E-state index in [1.54, 1.807) is 0 Å². The summed E-state index contributed by atoms with van der Waals surface area (Å²) in [5.41, 5.74) is 1.66. The Morgan fingerprint density at radius 2 is 2.14 bits per heavy atom. The number of hydrogen-bond acceptors (Lipinski definition) is 7. The van der Waals surface area contributed by atoms with Crippen molar-refractivity contribution in [3.05, 3.63) is 17.7 Å². The van der Waals surface area contributed by atoms with Gasteiger partial charge in [0.1, 0.15) is 5.40 Å². The van der Waals surface area contributed by atoms with E-state index in [0.717, 1.165) is 45.5 Å². The molecule has 0 unspecified atom stereocenters. The summed E-state index contributed by atoms with van der Waals surface area (Å²) in [6.07, 6.45) is -1.00. The summed E-state index contributed by atoms with van der Waals surface area (Å²) in [7, 11) is 0. The molecule has 1 aliphatic heterocycles. The Morgan fingerprint density at radius 3 is 2.75 bits per heavy atom. The highest BCUT2D eigenvalue weighted by Gasteiger charge is 2.25. The van der Waals surface area contributed by atoms with E-state index in [0.29, 0.717) is 31.4 Å². The fourth-order valence-corrected chi connectivity index (χ4v) is 4.72. The summed E-state index contributed by atoms with van der Waals surface area (Å²) in [5, 5.41) is 21.4. The van der Waals surface area contributed by atoms with Crippen molar-refractivity contribution in [2.45, 2.75) is 31.1 Å². The highest BCUT2D eigenvalue weighted by Crippen LogP contribution is 2.38. The number of nitrogens with zero attached hydrogens (tertiary/aromatic N) is 4. The normalized spacial score (nSPS) is 15.5. The zero-order valence-corrected chi connectivity index (χ0v) is 17.9. The van der Waals surface area contributed by atoms with Crippen LogP contribution in [0.5, 0.6) is 0 Å². The van der Waals surface area contributed by atoms with E-state index in [1.807, 2.05) is 12.1 Å². The van der Waals surface area contributed by atoms with Crippen LogP contribution in [0.4, 0.5) is 9.93 Å². The minimum Gasteiger partial charge on any atom is -0.465 e. The maximum Gasteiger partial charge on any atom is 0.413 e. The molecule has 1 aromatic heterocycles. The van der Waals surface area contributed by atoms with Gasteiger partial charge < -0.3 is 9.84 Å². The fraction of sp³-hybridized carbons (Fsp3) is 0.526. The molecular weight excluding hydrogens is 396 g/mol. The van der Waals surface area contributed by atoms with Crippen LogP contribution in [-0.2, 0) is 10.2 Å². The van der Waals surface area contributed by atoms with E-state index in [9.17, 15) is 9.90 Å². The molecule has 1 aromatic carbocycles. The molecule has 1 aliphatic rings. The molecule has 1 N–H and O–H groups in total. The average molecular weight is 421 g/mol. The lowest BCUT2D eigenvalue weighted by Gasteiger charge is -2.28. The van der Waals surface area contributed by atoms with Gasteiger partial charge in [-0.05, 0) is 34.9 Å². The predicted molar refractivity (Wildman–Crippen MR) is 112 cm³/mol. The van der Waals surface area contributed by atoms with Crippen molar-refractivity contribution in [3.8, 4) is 5.40 Å². The molecule has 0 radical (unpaired) electrons. The molecular formula is C19H24N4O3S2. The first-order chi connectivity index (χ1) is 13.3. The first-order valence-corrected chi connectivity index (χ1v) is 10.7. The Hall–Kier alpha value is -1.86. The molecule has 2 aromatic rings. The number of benzene rings is 1. The number of thioether (sulfide) groups is 1. The van der Waals surface area contributed by atoms with Crippen LogP contribution in [0.1, 0.15) is 26.3 Å². The maximum absolute atomic E-state index is 11.9. The fourth-order valence-electron chi connectivity index (χ4n) is 3.13. The van der Waals surface area contributed by atoms with E-state index in [1.165, 1.54) is 16.2 Å². The van der Waals surface area contributed by atoms with Crippen molar-refractivity contribution in [1.82, 2.24) is 9.88 Å². The summed E-state index contributed by atoms with van der Waals surface area (Å²) in [6, 6.07) is 3.90. The van der Waals surface area contributed by atoms with E-state index in [4.69, 9.17) is 15.0 Å². The second-order valence-electron chi connectivity index (χ2n) is 7.65. The number of rotatable bonds is 5. The van der Waals surface area contributed by atoms with Crippen molar-refractivity contribution < 1.29 is 14.6 Å². The summed E-state index contributed by atoms with van der Waals surface area (Å²) < 4.78 is 6.25. The number of morpholine rings is 1. The maximum atomic E-state index is 11.9. The number of carbonyl (C=O) groups is 1. The number of thiocyanates is 1. The lowest BCUT2D eigenvalue weighted by atomic mass is 9.86. The van der Waals surface area contributed by atoms with E-state index in [2.05, 4.69) is 31.1 Å². The Kier molecular flexibility index (Phi) is 6.45. The molecule has 1 fully saturated rings. The third-order valence-electron chi connectivity index (χ3n) is 4.63. The van der Waals surface area contributed by atoms with Crippen LogP contribution in [0.25, 0.3) is 10.2 Å². The van der Waals surface area contributed by atoms with Gasteiger partial charge in [0.25, 0.3) is 0 Å². The highest BCUT2D eigenvalue weighted by atomic mass is 32.2. The van der Waals surface area contributed by atoms with Crippen LogP contribution in [0.15, 0.2) is 17.0 Å². The lowest BCUT2D eigenvalue weighted by Crippen LogP contribution is -2.42. The Labute approximate surface area is 172 Å². The van der Waals surface area contributed by atoms with Gasteiger partial charge in [-0.15, -0.1) is 0 Å². The lowest BCUT2D eigenvalue weighted by molar-refractivity contribution is 0.0392. The van der Waals surface area contributed by atoms with Gasteiger partial charge in [0.2, 0.25) is 0 Å². The Balaban J connectivity index is 1.93. The molecule has 0 atom stereocenters. The SMILES string of the molecule is CC(C)(C)c1cc(SC#N)cc2sc(N(CCN3CCOCC3)C(=O)O)nc12. The number of amides is 1. The van der Waals surface area contributed by atoms with Crippen LogP contribution < -0.4 is 4.90 Å². The van der Waals surface area contributed by atoms with Gasteiger partial charge in [-0.2, -0.15) is 5.26 Å². The monoisotopic (exact) mass is 420 g/mol. The van der Waals surface area contributed by atoms with Gasteiger partial charge in [0, 0.05) is 31.1 Å². The van der Waals surface area contributed by atoms with Gasteiger partial charge in [-0.1, -0.05) is 32.1 Å². The van der Waals surface area contributed by atoms with Crippen LogP contribution in [0, 0.1) is 10.7 Å². The van der Waals surface area contributed by atoms with E-state index >= 15 is 0 Å². The van der Waals surface area contributed by atoms with Gasteiger partial charge in [-0.25, -0.2) is 9.78 Å². The number of hydrogen-bond donors (Lipinski definition) is 1. The number of aromatic nitrogens is 1. The molecule has 2 heterocycles. The van der Waals surface area contributed by atoms with Crippen LogP contribution in [0.2, 0.25) is 0 Å². The Bertz CT molecular complexity index is 895. The summed E-state index contributed by atoms with van der Waals surface area (Å²) in [6.45, 7) is 10.3. The molecule has 7 nitrogen and oxygen atoms in total. The number of anilines is 1. The third kappa shape index (κ3) is 4.75. The van der Waals surface area contributed by atoms with Crippen molar-refractivity contribution in [1.29, 1.82) is 5.26 Å². The van der Waals surface area contributed by atoms with Gasteiger partial charge in [0.05, 0.1) is 23.4 Å². The quantitative estimate of drug-likeness (QED) is 0.578. The first kappa shape index (κ1) is 20.9. The Morgan fingerprint density at radius 1 is 1.43 bits per heavy atom. The molecule has 1 amide bonds. The molecule has 1 saturated heterocycles. The molecule has 28 heavy (non-hydrogen) atoms. The highest BCUT2D eigenvalue weighted by molar-refractivity contribution is 8.03. The molecule has 0 saturated carbocycles. The van der Waals surface area contributed by atoms with E-state index < -0.39 is 6.09 Å². The first-order valence-electron chi connectivity index (χ1n) is 9.11. The van der Waals surface area contributed by atoms with Crippen LogP contribution in [-0.4, -0.2) is 60.5 Å². The number of thiazole rings is 1. The standard InChI is InChI=1S/C19H24N4O3S2/c1-19(2,3)14-10-13(27-12-20)11-15-16(14)21-17(28-15)23(18(24)25)5-4-22-6-8-26-9-7-22/h10-11H,4-9H2,1-3H3,(H,24,25). The third-order valence-corrected chi connectivity index (χ3v) is 6.22. The number of nitriles is 1.